The Kier molecular flexibility index (Phi) is 2.41. The highest BCUT2D eigenvalue weighted by Crippen LogP contribution is 2.50. The van der Waals surface area contributed by atoms with E-state index in [1.165, 1.54) is 0 Å². The Morgan fingerprint density at radius 2 is 2.06 bits per heavy atom. The molecule has 4 heteroatoms. The Morgan fingerprint density at radius 3 is 2.76 bits per heavy atom. The highest BCUT2D eigenvalue weighted by molar-refractivity contribution is 6.32. The van der Waals surface area contributed by atoms with Crippen molar-refractivity contribution in [1.82, 2.24) is 0 Å². The molecule has 0 amide bonds. The fraction of sp³-hybridized carbons (Fsp3) is 0.462. The molecule has 1 aromatic carbocycles. The van der Waals surface area contributed by atoms with Crippen molar-refractivity contribution in [1.29, 1.82) is 5.26 Å². The fourth-order valence-corrected chi connectivity index (χ4v) is 2.31. The van der Waals surface area contributed by atoms with Crippen LogP contribution in [0.1, 0.15) is 18.4 Å². The van der Waals surface area contributed by atoms with Crippen molar-refractivity contribution in [3.63, 3.8) is 0 Å². The van der Waals surface area contributed by atoms with Gasteiger partial charge < -0.3 is 9.47 Å². The molecule has 17 heavy (non-hydrogen) atoms. The maximum Gasteiger partial charge on any atom is 0.179 e. The number of rotatable bonds is 1. The first-order chi connectivity index (χ1) is 8.22. The minimum Gasteiger partial charge on any atom is -0.489 e. The molecular formula is C13H12ClNO2. The number of nitriles is 1. The van der Waals surface area contributed by atoms with Gasteiger partial charge in [0, 0.05) is 5.41 Å². The molecule has 2 aliphatic rings. The standard InChI is InChI=1S/C13H12ClNO2/c14-10-5-9(1-4-15)6-11-12(10)17-8-13(2-3-13)7-16-11/h5-6H,1-3,7-8H2. The first-order valence-corrected chi connectivity index (χ1v) is 6.05. The van der Waals surface area contributed by atoms with Gasteiger partial charge in [0.1, 0.15) is 0 Å². The molecule has 0 saturated heterocycles. The molecule has 0 radical (unpaired) electrons. The summed E-state index contributed by atoms with van der Waals surface area (Å²) in [5.74, 6) is 1.30. The molecule has 1 spiro atoms. The molecule has 1 saturated carbocycles. The van der Waals surface area contributed by atoms with Gasteiger partial charge in [-0.15, -0.1) is 0 Å². The normalized spacial score (nSPS) is 19.5. The Balaban J connectivity index is 1.94. The lowest BCUT2D eigenvalue weighted by atomic mass is 10.1. The van der Waals surface area contributed by atoms with Gasteiger partial charge in [-0.1, -0.05) is 11.6 Å². The Morgan fingerprint density at radius 1 is 1.29 bits per heavy atom. The predicted octanol–water partition coefficient (Wildman–Crippen LogP) is 2.96. The number of hydrogen-bond acceptors (Lipinski definition) is 3. The summed E-state index contributed by atoms with van der Waals surface area (Å²) in [6, 6.07) is 5.74. The van der Waals surface area contributed by atoms with Gasteiger partial charge in [-0.25, -0.2) is 0 Å². The van der Waals surface area contributed by atoms with Gasteiger partial charge in [-0.05, 0) is 30.5 Å². The molecule has 1 aliphatic carbocycles. The summed E-state index contributed by atoms with van der Waals surface area (Å²) in [4.78, 5) is 0. The molecule has 3 nitrogen and oxygen atoms in total. The van der Waals surface area contributed by atoms with E-state index >= 15 is 0 Å². The van der Waals surface area contributed by atoms with Gasteiger partial charge in [-0.3, -0.25) is 0 Å². The van der Waals surface area contributed by atoms with E-state index in [9.17, 15) is 0 Å². The van der Waals surface area contributed by atoms with Crippen molar-refractivity contribution in [2.75, 3.05) is 13.2 Å². The zero-order valence-electron chi connectivity index (χ0n) is 9.33. The summed E-state index contributed by atoms with van der Waals surface area (Å²) in [5, 5.41) is 9.23. The summed E-state index contributed by atoms with van der Waals surface area (Å²) in [6.07, 6.45) is 2.65. The van der Waals surface area contributed by atoms with Crippen LogP contribution in [0.4, 0.5) is 0 Å². The molecule has 0 bridgehead atoms. The van der Waals surface area contributed by atoms with Crippen molar-refractivity contribution in [3.05, 3.63) is 22.7 Å². The number of hydrogen-bond donors (Lipinski definition) is 0. The van der Waals surface area contributed by atoms with Crippen LogP contribution in [0.3, 0.4) is 0 Å². The van der Waals surface area contributed by atoms with Crippen LogP contribution in [0, 0.1) is 16.7 Å². The Hall–Kier alpha value is -1.40. The van der Waals surface area contributed by atoms with Crippen LogP contribution >= 0.6 is 11.6 Å². The minimum atomic E-state index is 0.206. The van der Waals surface area contributed by atoms with E-state index in [4.69, 9.17) is 26.3 Å². The lowest BCUT2D eigenvalue weighted by Gasteiger charge is -2.10. The quantitative estimate of drug-likeness (QED) is 0.769. The highest BCUT2D eigenvalue weighted by atomic mass is 35.5. The van der Waals surface area contributed by atoms with Gasteiger partial charge >= 0.3 is 0 Å². The molecule has 3 rings (SSSR count). The number of halogens is 1. The lowest BCUT2D eigenvalue weighted by molar-refractivity contribution is 0.197. The average Bonchev–Trinajstić information content (AvgIpc) is 3.08. The molecule has 0 unspecified atom stereocenters. The summed E-state index contributed by atoms with van der Waals surface area (Å²) in [7, 11) is 0. The Labute approximate surface area is 105 Å². The largest absolute Gasteiger partial charge is 0.489 e. The monoisotopic (exact) mass is 249 g/mol. The first-order valence-electron chi connectivity index (χ1n) is 5.67. The van der Waals surface area contributed by atoms with Crippen LogP contribution in [-0.4, -0.2) is 13.2 Å². The summed E-state index contributed by atoms with van der Waals surface area (Å²) < 4.78 is 11.5. The van der Waals surface area contributed by atoms with E-state index in [1.807, 2.05) is 6.07 Å². The van der Waals surface area contributed by atoms with Gasteiger partial charge in [0.15, 0.2) is 11.5 Å². The second-order valence-corrected chi connectivity index (χ2v) is 5.22. The smallest absolute Gasteiger partial charge is 0.179 e. The van der Waals surface area contributed by atoms with E-state index in [-0.39, 0.29) is 5.41 Å². The third-order valence-corrected chi connectivity index (χ3v) is 3.65. The van der Waals surface area contributed by atoms with E-state index in [0.29, 0.717) is 36.2 Å². The van der Waals surface area contributed by atoms with Gasteiger partial charge in [-0.2, -0.15) is 5.26 Å². The van der Waals surface area contributed by atoms with E-state index in [0.717, 1.165) is 18.4 Å². The molecule has 0 atom stereocenters. The van der Waals surface area contributed by atoms with Crippen molar-refractivity contribution >= 4 is 11.6 Å². The number of benzene rings is 1. The zero-order valence-corrected chi connectivity index (χ0v) is 10.1. The molecule has 1 fully saturated rings. The van der Waals surface area contributed by atoms with E-state index in [1.54, 1.807) is 6.07 Å². The number of fused-ring (bicyclic) bond motifs is 1. The zero-order chi connectivity index (χ0) is 11.9. The lowest BCUT2D eigenvalue weighted by Crippen LogP contribution is -2.17. The number of nitrogens with zero attached hydrogens (tertiary/aromatic N) is 1. The summed E-state index contributed by atoms with van der Waals surface area (Å²) in [5.41, 5.74) is 1.07. The molecular weight excluding hydrogens is 238 g/mol. The SMILES string of the molecule is N#CCc1cc(Cl)c2c(c1)OCC1(CC1)CO2. The van der Waals surface area contributed by atoms with Crippen molar-refractivity contribution in [2.45, 2.75) is 19.3 Å². The summed E-state index contributed by atoms with van der Waals surface area (Å²) in [6.45, 7) is 1.36. The topological polar surface area (TPSA) is 42.2 Å². The third kappa shape index (κ3) is 1.94. The third-order valence-electron chi connectivity index (χ3n) is 3.37. The molecule has 88 valence electrons. The van der Waals surface area contributed by atoms with Crippen molar-refractivity contribution in [3.8, 4) is 17.6 Å². The van der Waals surface area contributed by atoms with Crippen molar-refractivity contribution in [2.24, 2.45) is 5.41 Å². The fourth-order valence-electron chi connectivity index (χ4n) is 2.03. The average molecular weight is 250 g/mol. The molecule has 0 N–H and O–H groups in total. The first kappa shape index (κ1) is 10.7. The van der Waals surface area contributed by atoms with E-state index < -0.39 is 0 Å². The molecule has 1 aliphatic heterocycles. The predicted molar refractivity (Wildman–Crippen MR) is 63.4 cm³/mol. The second kappa shape index (κ2) is 3.82. The Bertz CT molecular complexity index is 503. The van der Waals surface area contributed by atoms with Crippen LogP contribution in [0.2, 0.25) is 5.02 Å². The molecule has 1 aromatic rings. The van der Waals surface area contributed by atoms with Crippen LogP contribution in [0.15, 0.2) is 12.1 Å². The van der Waals surface area contributed by atoms with Crippen LogP contribution in [0.5, 0.6) is 11.5 Å². The second-order valence-electron chi connectivity index (χ2n) is 4.82. The van der Waals surface area contributed by atoms with Crippen LogP contribution in [-0.2, 0) is 6.42 Å². The van der Waals surface area contributed by atoms with Crippen molar-refractivity contribution < 1.29 is 9.47 Å². The maximum absolute atomic E-state index is 8.70. The molecule has 1 heterocycles. The van der Waals surface area contributed by atoms with Crippen LogP contribution < -0.4 is 9.47 Å². The minimum absolute atomic E-state index is 0.206. The van der Waals surface area contributed by atoms with Gasteiger partial charge in [0.05, 0.1) is 30.7 Å². The highest BCUT2D eigenvalue weighted by Gasteiger charge is 2.46. The maximum atomic E-state index is 8.70. The number of ether oxygens (including phenoxy) is 2. The van der Waals surface area contributed by atoms with Crippen LogP contribution in [0.25, 0.3) is 0 Å². The van der Waals surface area contributed by atoms with Gasteiger partial charge in [0.25, 0.3) is 0 Å². The summed E-state index contributed by atoms with van der Waals surface area (Å²) >= 11 is 6.15. The van der Waals surface area contributed by atoms with E-state index in [2.05, 4.69) is 6.07 Å². The molecule has 0 aromatic heterocycles. The van der Waals surface area contributed by atoms with Gasteiger partial charge in [0.2, 0.25) is 0 Å².